The Morgan fingerprint density at radius 1 is 0.521 bits per heavy atom. The quantitative estimate of drug-likeness (QED) is 0.182. The fourth-order valence-electron chi connectivity index (χ4n) is 5.69. The third kappa shape index (κ3) is 5.78. The molecule has 4 aromatic rings. The van der Waals surface area contributed by atoms with Gasteiger partial charge < -0.3 is 27.4 Å². The molecule has 0 unspecified atom stereocenters. The average Bonchev–Trinajstić information content (AvgIpc) is 3.67. The van der Waals surface area contributed by atoms with Gasteiger partial charge in [0.25, 0.3) is 0 Å². The van der Waals surface area contributed by atoms with Crippen LogP contribution in [0.1, 0.15) is 0 Å². The van der Waals surface area contributed by atoms with Gasteiger partial charge in [-0.05, 0) is 77.9 Å². The van der Waals surface area contributed by atoms with Crippen molar-refractivity contribution in [3.8, 4) is 67.9 Å². The Balaban J connectivity index is 0.000000152. The summed E-state index contributed by atoms with van der Waals surface area (Å²) in [4.78, 5) is 24.8. The first-order valence-corrected chi connectivity index (χ1v) is 15.2. The summed E-state index contributed by atoms with van der Waals surface area (Å²) in [6.45, 7) is 0. The van der Waals surface area contributed by atoms with Gasteiger partial charge in [-0.25, -0.2) is 9.59 Å². The van der Waals surface area contributed by atoms with Crippen LogP contribution in [-0.4, -0.2) is 23.4 Å². The minimum atomic E-state index is -0.342. The number of furan rings is 2. The summed E-state index contributed by atoms with van der Waals surface area (Å²) in [6, 6.07) is 40.2. The molecule has 0 bridgehead atoms. The molecule has 4 aliphatic rings. The van der Waals surface area contributed by atoms with Gasteiger partial charge in [0.2, 0.25) is 0 Å². The van der Waals surface area contributed by atoms with Crippen molar-refractivity contribution in [1.82, 2.24) is 9.13 Å². The third-order valence-corrected chi connectivity index (χ3v) is 8.05. The zero-order valence-corrected chi connectivity index (χ0v) is 26.2. The maximum Gasteiger partial charge on any atom is 0.346 e. The number of methoxy groups -OCH3 is 2. The summed E-state index contributed by atoms with van der Waals surface area (Å²) >= 11 is 0. The predicted molar refractivity (Wildman–Crippen MR) is 186 cm³/mol. The molecule has 236 valence electrons. The summed E-state index contributed by atoms with van der Waals surface area (Å²) in [6.07, 6.45) is 5.69. The van der Waals surface area contributed by atoms with Crippen molar-refractivity contribution < 1.29 is 18.3 Å². The molecule has 4 aromatic carbocycles. The molecule has 48 heavy (non-hydrogen) atoms. The minimum Gasteiger partial charge on any atom is -0.497 e. The number of ether oxygens (including phenoxy) is 2. The van der Waals surface area contributed by atoms with E-state index in [0.29, 0.717) is 22.6 Å². The summed E-state index contributed by atoms with van der Waals surface area (Å²) in [5.74, 6) is 2.63. The largest absolute Gasteiger partial charge is 0.497 e. The number of para-hydroxylation sites is 2. The molecule has 0 saturated carbocycles. The Bertz CT molecular complexity index is 2330. The molecule has 8 heteroatoms. The number of fused-ring (bicyclic) bond motifs is 2. The molecule has 8 nitrogen and oxygen atoms in total. The molecule has 0 fully saturated rings. The van der Waals surface area contributed by atoms with Crippen molar-refractivity contribution in [2.75, 3.05) is 14.2 Å². The fraction of sp³-hybridized carbons (Fsp3) is 0.0500. The lowest BCUT2D eigenvalue weighted by Crippen LogP contribution is -2.02. The van der Waals surface area contributed by atoms with E-state index in [1.165, 1.54) is 0 Å². The van der Waals surface area contributed by atoms with Crippen LogP contribution in [0.15, 0.2) is 164 Å². The second-order valence-electron chi connectivity index (χ2n) is 10.9. The van der Waals surface area contributed by atoms with E-state index in [-0.39, 0.29) is 11.3 Å². The molecular formula is C40H30N2O6. The van der Waals surface area contributed by atoms with E-state index >= 15 is 0 Å². The van der Waals surface area contributed by atoms with E-state index < -0.39 is 0 Å². The normalized spacial score (nSPS) is 10.9. The average molecular weight is 635 g/mol. The highest BCUT2D eigenvalue weighted by molar-refractivity contribution is 5.82. The van der Waals surface area contributed by atoms with Crippen molar-refractivity contribution in [3.05, 3.63) is 167 Å². The van der Waals surface area contributed by atoms with Crippen LogP contribution in [0.2, 0.25) is 0 Å². The zero-order valence-electron chi connectivity index (χ0n) is 26.2. The minimum absolute atomic E-state index is 0.332. The van der Waals surface area contributed by atoms with Crippen LogP contribution < -0.4 is 20.7 Å². The molecule has 0 spiro atoms. The SMILES string of the molecule is COc1ccc(-c2c3ccn(-c4ccccc4)cc-3oc2=O)cc1.COc1ccc(-c2c3n(-c4ccccc4)cccc-3oc2=O)cc1. The van der Waals surface area contributed by atoms with E-state index in [4.69, 9.17) is 18.3 Å². The van der Waals surface area contributed by atoms with Crippen molar-refractivity contribution in [1.29, 1.82) is 0 Å². The number of hydrogen-bond donors (Lipinski definition) is 0. The van der Waals surface area contributed by atoms with Gasteiger partial charge in [0.05, 0.1) is 31.5 Å². The molecule has 0 radical (unpaired) electrons. The van der Waals surface area contributed by atoms with Gasteiger partial charge >= 0.3 is 11.3 Å². The van der Waals surface area contributed by atoms with Crippen molar-refractivity contribution in [2.24, 2.45) is 0 Å². The van der Waals surface area contributed by atoms with Crippen LogP contribution in [0.25, 0.3) is 56.4 Å². The van der Waals surface area contributed by atoms with Gasteiger partial charge in [-0.1, -0.05) is 60.7 Å². The molecule has 0 aromatic heterocycles. The summed E-state index contributed by atoms with van der Waals surface area (Å²) in [5, 5.41) is 0. The van der Waals surface area contributed by atoms with Gasteiger partial charge in [0, 0.05) is 29.3 Å². The summed E-state index contributed by atoms with van der Waals surface area (Å²) in [5.41, 5.74) is 5.62. The van der Waals surface area contributed by atoms with E-state index in [1.54, 1.807) is 14.2 Å². The van der Waals surface area contributed by atoms with E-state index in [9.17, 15) is 9.59 Å². The van der Waals surface area contributed by atoms with Gasteiger partial charge in [-0.3, -0.25) is 0 Å². The van der Waals surface area contributed by atoms with Crippen molar-refractivity contribution in [3.63, 3.8) is 0 Å². The first-order valence-electron chi connectivity index (χ1n) is 15.2. The van der Waals surface area contributed by atoms with E-state index in [0.717, 1.165) is 45.3 Å². The van der Waals surface area contributed by atoms with Crippen LogP contribution >= 0.6 is 0 Å². The number of benzene rings is 4. The molecular weight excluding hydrogens is 604 g/mol. The molecule has 4 heterocycles. The molecule has 4 aliphatic heterocycles. The first-order chi connectivity index (χ1) is 23.5. The molecule has 0 N–H and O–H groups in total. The Morgan fingerprint density at radius 2 is 1.06 bits per heavy atom. The third-order valence-electron chi connectivity index (χ3n) is 8.05. The van der Waals surface area contributed by atoms with Crippen molar-refractivity contribution in [2.45, 2.75) is 0 Å². The Kier molecular flexibility index (Phi) is 8.20. The van der Waals surface area contributed by atoms with Crippen LogP contribution in [-0.2, 0) is 0 Å². The van der Waals surface area contributed by atoms with Crippen LogP contribution in [0.3, 0.4) is 0 Å². The molecule has 0 atom stereocenters. The molecule has 8 rings (SSSR count). The van der Waals surface area contributed by atoms with E-state index in [1.807, 2.05) is 155 Å². The maximum absolute atomic E-state index is 12.5. The number of rotatable bonds is 6. The second kappa shape index (κ2) is 13.1. The highest BCUT2D eigenvalue weighted by atomic mass is 16.5. The van der Waals surface area contributed by atoms with Crippen molar-refractivity contribution >= 4 is 0 Å². The fourth-order valence-corrected chi connectivity index (χ4v) is 5.69. The van der Waals surface area contributed by atoms with Crippen LogP contribution in [0.4, 0.5) is 0 Å². The number of nitrogens with zero attached hydrogens (tertiary/aromatic N) is 2. The highest BCUT2D eigenvalue weighted by Crippen LogP contribution is 2.35. The van der Waals surface area contributed by atoms with Crippen LogP contribution in [0, 0.1) is 0 Å². The lowest BCUT2D eigenvalue weighted by Gasteiger charge is -2.13. The zero-order chi connectivity index (χ0) is 33.0. The molecule has 0 amide bonds. The second-order valence-corrected chi connectivity index (χ2v) is 10.9. The topological polar surface area (TPSA) is 88.7 Å². The van der Waals surface area contributed by atoms with Gasteiger partial charge in [-0.2, -0.15) is 0 Å². The Labute approximate surface area is 276 Å². The van der Waals surface area contributed by atoms with Gasteiger partial charge in [0.15, 0.2) is 11.5 Å². The number of hydrogen-bond acceptors (Lipinski definition) is 6. The monoisotopic (exact) mass is 634 g/mol. The van der Waals surface area contributed by atoms with Crippen LogP contribution in [0.5, 0.6) is 11.5 Å². The smallest absolute Gasteiger partial charge is 0.346 e. The lowest BCUT2D eigenvalue weighted by molar-refractivity contribution is 0.415. The molecule has 0 aliphatic carbocycles. The molecule has 0 saturated heterocycles. The summed E-state index contributed by atoms with van der Waals surface area (Å²) < 4.78 is 25.2. The Hall–Kier alpha value is -6.54. The Morgan fingerprint density at radius 3 is 1.67 bits per heavy atom. The van der Waals surface area contributed by atoms with E-state index in [2.05, 4.69) is 0 Å². The van der Waals surface area contributed by atoms with Gasteiger partial charge in [-0.15, -0.1) is 0 Å². The summed E-state index contributed by atoms with van der Waals surface area (Å²) in [7, 11) is 3.23. The van der Waals surface area contributed by atoms with Gasteiger partial charge in [0.1, 0.15) is 17.2 Å². The number of pyridine rings is 2. The number of aromatic nitrogens is 2. The predicted octanol–water partition coefficient (Wildman–Crippen LogP) is 8.42. The highest BCUT2D eigenvalue weighted by Gasteiger charge is 2.23. The lowest BCUT2D eigenvalue weighted by atomic mass is 10.0. The first kappa shape index (κ1) is 30.1. The standard InChI is InChI=1S/2C20H15NO3/c1-23-16-11-9-14(10-12-16)18-19-17(24-20(18)22)8-5-13-21(19)15-6-3-2-4-7-15;1-23-16-9-7-14(8-10-16)19-17-11-12-21(13-18(17)24-20(19)22)15-5-3-2-4-6-15/h2*2-13H,1H3. The maximum atomic E-state index is 12.5.